The van der Waals surface area contributed by atoms with E-state index in [-0.39, 0.29) is 17.2 Å². The molecule has 0 fully saturated rings. The van der Waals surface area contributed by atoms with Crippen LogP contribution in [0.4, 0.5) is 15.8 Å². The van der Waals surface area contributed by atoms with Crippen LogP contribution in [0.5, 0.6) is 0 Å². The molecule has 126 valence electrons. The number of anilines is 2. The number of halogens is 1. The molecule has 7 heteroatoms. The van der Waals surface area contributed by atoms with Gasteiger partial charge in [-0.25, -0.2) is 4.39 Å². The summed E-state index contributed by atoms with van der Waals surface area (Å²) in [5, 5.41) is 5.49. The van der Waals surface area contributed by atoms with Gasteiger partial charge in [-0.3, -0.25) is 14.4 Å². The van der Waals surface area contributed by atoms with E-state index in [4.69, 9.17) is 0 Å². The molecule has 0 unspecified atom stereocenters. The fourth-order valence-corrected chi connectivity index (χ4v) is 2.48. The van der Waals surface area contributed by atoms with Gasteiger partial charge < -0.3 is 15.6 Å². The molecule has 0 aliphatic heterocycles. The highest BCUT2D eigenvalue weighted by Crippen LogP contribution is 2.22. The van der Waals surface area contributed by atoms with Crippen molar-refractivity contribution in [1.82, 2.24) is 4.98 Å². The molecule has 3 aromatic rings. The molecule has 3 N–H and O–H groups in total. The van der Waals surface area contributed by atoms with Gasteiger partial charge in [-0.05, 0) is 24.3 Å². The van der Waals surface area contributed by atoms with Crippen molar-refractivity contribution in [2.45, 2.75) is 6.92 Å². The maximum atomic E-state index is 14.0. The lowest BCUT2D eigenvalue weighted by atomic mass is 10.1. The number of H-pyrrole nitrogens is 1. The first-order chi connectivity index (χ1) is 11.9. The fraction of sp³-hybridized carbons (Fsp3) is 0.0556. The summed E-state index contributed by atoms with van der Waals surface area (Å²) in [6, 6.07) is 11.8. The summed E-state index contributed by atoms with van der Waals surface area (Å²) in [7, 11) is 0. The van der Waals surface area contributed by atoms with Crippen molar-refractivity contribution in [1.29, 1.82) is 0 Å². The van der Waals surface area contributed by atoms with Crippen LogP contribution >= 0.6 is 0 Å². The monoisotopic (exact) mass is 339 g/mol. The number of fused-ring (bicyclic) bond motifs is 1. The van der Waals surface area contributed by atoms with E-state index in [2.05, 4.69) is 15.6 Å². The maximum absolute atomic E-state index is 14.0. The average Bonchev–Trinajstić information content (AvgIpc) is 2.56. The Morgan fingerprint density at radius 1 is 1.04 bits per heavy atom. The first kappa shape index (κ1) is 16.4. The number of hydrogen-bond acceptors (Lipinski definition) is 3. The van der Waals surface area contributed by atoms with E-state index in [9.17, 15) is 18.8 Å². The molecule has 0 spiro atoms. The molecule has 0 saturated carbocycles. The number of hydrogen-bond donors (Lipinski definition) is 3. The summed E-state index contributed by atoms with van der Waals surface area (Å²) in [5.74, 6) is -1.60. The Labute approximate surface area is 141 Å². The molecule has 0 atom stereocenters. The lowest BCUT2D eigenvalue weighted by Crippen LogP contribution is -2.17. The molecular formula is C18H14FN3O3. The highest BCUT2D eigenvalue weighted by atomic mass is 19.1. The first-order valence-corrected chi connectivity index (χ1v) is 7.44. The van der Waals surface area contributed by atoms with Crippen LogP contribution in [0.1, 0.15) is 17.3 Å². The minimum Gasteiger partial charge on any atom is -0.326 e. The van der Waals surface area contributed by atoms with Crippen molar-refractivity contribution < 1.29 is 14.0 Å². The fourth-order valence-electron chi connectivity index (χ4n) is 2.48. The Morgan fingerprint density at radius 2 is 1.80 bits per heavy atom. The van der Waals surface area contributed by atoms with Crippen molar-refractivity contribution in [2.24, 2.45) is 0 Å². The highest BCUT2D eigenvalue weighted by molar-refractivity contribution is 6.12. The Morgan fingerprint density at radius 3 is 2.56 bits per heavy atom. The van der Waals surface area contributed by atoms with Crippen molar-refractivity contribution in [3.8, 4) is 0 Å². The second-order valence-corrected chi connectivity index (χ2v) is 5.42. The molecule has 2 amide bonds. The number of benzene rings is 2. The zero-order valence-corrected chi connectivity index (χ0v) is 13.2. The quantitative estimate of drug-likeness (QED) is 0.685. The number of aromatic nitrogens is 1. The number of carbonyl (C=O) groups is 2. The summed E-state index contributed by atoms with van der Waals surface area (Å²) < 4.78 is 14.0. The number of pyridine rings is 1. The number of carbonyl (C=O) groups excluding carboxylic acids is 2. The number of amides is 2. The van der Waals surface area contributed by atoms with Crippen LogP contribution in [0, 0.1) is 5.82 Å². The standard InChI is InChI=1S/C18H14FN3O3/c1-10(23)20-11-6-7-14(19)16(8-11)22-18(25)13-9-17(24)21-15-5-3-2-4-12(13)15/h2-9H,1H3,(H,20,23)(H,21,24)(H,22,25). The molecule has 0 aliphatic rings. The molecule has 0 aliphatic carbocycles. The number of rotatable bonds is 3. The second kappa shape index (κ2) is 6.56. The molecule has 2 aromatic carbocycles. The molecule has 1 aromatic heterocycles. The predicted molar refractivity (Wildman–Crippen MR) is 93.2 cm³/mol. The third kappa shape index (κ3) is 3.55. The molecule has 0 saturated heterocycles. The van der Waals surface area contributed by atoms with Crippen LogP contribution in [0.2, 0.25) is 0 Å². The molecule has 0 radical (unpaired) electrons. The minimum atomic E-state index is -0.656. The van der Waals surface area contributed by atoms with E-state index < -0.39 is 17.3 Å². The van der Waals surface area contributed by atoms with Crippen LogP contribution in [-0.4, -0.2) is 16.8 Å². The van der Waals surface area contributed by atoms with Crippen LogP contribution in [-0.2, 0) is 4.79 Å². The number of aromatic amines is 1. The average molecular weight is 339 g/mol. The number of nitrogens with one attached hydrogen (secondary N) is 3. The van der Waals surface area contributed by atoms with Gasteiger partial charge in [-0.2, -0.15) is 0 Å². The molecule has 1 heterocycles. The summed E-state index contributed by atoms with van der Waals surface area (Å²) >= 11 is 0. The summed E-state index contributed by atoms with van der Waals surface area (Å²) in [6.45, 7) is 1.32. The zero-order chi connectivity index (χ0) is 18.0. The SMILES string of the molecule is CC(=O)Nc1ccc(F)c(NC(=O)c2cc(=O)[nH]c3ccccc23)c1. The van der Waals surface area contributed by atoms with Gasteiger partial charge in [0.2, 0.25) is 11.5 Å². The van der Waals surface area contributed by atoms with E-state index in [1.54, 1.807) is 24.3 Å². The zero-order valence-electron chi connectivity index (χ0n) is 13.2. The Hall–Kier alpha value is -3.48. The predicted octanol–water partition coefficient (Wildman–Crippen LogP) is 2.88. The minimum absolute atomic E-state index is 0.0967. The van der Waals surface area contributed by atoms with Crippen molar-refractivity contribution in [3.63, 3.8) is 0 Å². The molecule has 25 heavy (non-hydrogen) atoms. The Balaban J connectivity index is 1.98. The largest absolute Gasteiger partial charge is 0.326 e. The first-order valence-electron chi connectivity index (χ1n) is 7.44. The third-order valence-electron chi connectivity index (χ3n) is 3.53. The van der Waals surface area contributed by atoms with E-state index in [0.29, 0.717) is 16.6 Å². The van der Waals surface area contributed by atoms with Crippen molar-refractivity contribution in [3.05, 3.63) is 70.3 Å². The maximum Gasteiger partial charge on any atom is 0.256 e. The van der Waals surface area contributed by atoms with Gasteiger partial charge in [-0.15, -0.1) is 0 Å². The van der Waals surface area contributed by atoms with Gasteiger partial charge in [0.25, 0.3) is 5.91 Å². The van der Waals surface area contributed by atoms with Crippen LogP contribution in [0.25, 0.3) is 10.9 Å². The second-order valence-electron chi connectivity index (χ2n) is 5.42. The Bertz CT molecular complexity index is 1040. The molecule has 0 bridgehead atoms. The normalized spacial score (nSPS) is 10.5. The Kier molecular flexibility index (Phi) is 4.30. The topological polar surface area (TPSA) is 91.1 Å². The van der Waals surface area contributed by atoms with E-state index in [1.165, 1.54) is 19.1 Å². The van der Waals surface area contributed by atoms with E-state index in [1.807, 2.05) is 0 Å². The number of para-hydroxylation sites is 1. The van der Waals surface area contributed by atoms with E-state index >= 15 is 0 Å². The van der Waals surface area contributed by atoms with Crippen molar-refractivity contribution >= 4 is 34.1 Å². The smallest absolute Gasteiger partial charge is 0.256 e. The summed E-state index contributed by atoms with van der Waals surface area (Å²) in [4.78, 5) is 38.0. The lowest BCUT2D eigenvalue weighted by molar-refractivity contribution is -0.114. The molecule has 6 nitrogen and oxygen atoms in total. The van der Waals surface area contributed by atoms with Gasteiger partial charge in [0.1, 0.15) is 5.82 Å². The van der Waals surface area contributed by atoms with Gasteiger partial charge >= 0.3 is 0 Å². The van der Waals surface area contributed by atoms with Gasteiger partial charge in [-0.1, -0.05) is 18.2 Å². The third-order valence-corrected chi connectivity index (χ3v) is 3.53. The van der Waals surface area contributed by atoms with Crippen molar-refractivity contribution in [2.75, 3.05) is 10.6 Å². The highest BCUT2D eigenvalue weighted by Gasteiger charge is 2.14. The van der Waals surface area contributed by atoms with Gasteiger partial charge in [0, 0.05) is 29.6 Å². The summed E-state index contributed by atoms with van der Waals surface area (Å²) in [5.41, 5.74) is 0.452. The lowest BCUT2D eigenvalue weighted by Gasteiger charge is -2.10. The van der Waals surface area contributed by atoms with Crippen LogP contribution in [0.3, 0.4) is 0 Å². The van der Waals surface area contributed by atoms with Crippen LogP contribution < -0.4 is 16.2 Å². The molecule has 3 rings (SSSR count). The van der Waals surface area contributed by atoms with Gasteiger partial charge in [0.15, 0.2) is 0 Å². The summed E-state index contributed by atoms with van der Waals surface area (Å²) in [6.07, 6.45) is 0. The molecular weight excluding hydrogens is 325 g/mol. The van der Waals surface area contributed by atoms with Gasteiger partial charge in [0.05, 0.1) is 11.3 Å². The van der Waals surface area contributed by atoms with E-state index in [0.717, 1.165) is 12.1 Å². The van der Waals surface area contributed by atoms with Crippen LogP contribution in [0.15, 0.2) is 53.3 Å².